The fourth-order valence-corrected chi connectivity index (χ4v) is 8.72. The van der Waals surface area contributed by atoms with E-state index in [0.717, 1.165) is 13.8 Å². The molecule has 0 aromatic carbocycles. The van der Waals surface area contributed by atoms with E-state index < -0.39 is 235 Å². The molecule has 0 spiro atoms. The molecule has 0 aromatic heterocycles. The van der Waals surface area contributed by atoms with Crippen molar-refractivity contribution in [2.24, 2.45) is 0 Å². The number of aliphatic hydroxyl groups is 18. The number of ether oxygens (including phenoxy) is 8. The highest BCUT2D eigenvalue weighted by atomic mass is 16.8. The van der Waals surface area contributed by atoms with Gasteiger partial charge in [0, 0.05) is 26.7 Å². The Bertz CT molecular complexity index is 1830. The second-order valence-electron chi connectivity index (χ2n) is 18.1. The van der Waals surface area contributed by atoms with Crippen LogP contribution in [0, 0.1) is 0 Å². The van der Waals surface area contributed by atoms with Gasteiger partial charge in [0.1, 0.15) is 110 Å². The van der Waals surface area contributed by atoms with Crippen LogP contribution in [0.15, 0.2) is 0 Å². The lowest BCUT2D eigenvalue weighted by atomic mass is 9.88. The molecule has 26 atom stereocenters. The Morgan fingerprint density at radius 1 is 0.581 bits per heavy atom. The molecule has 0 saturated carbocycles. The van der Waals surface area contributed by atoms with Crippen LogP contribution in [0.25, 0.3) is 0 Å². The van der Waals surface area contributed by atoms with E-state index >= 15 is 0 Å². The molecule has 4 fully saturated rings. The van der Waals surface area contributed by atoms with Crippen LogP contribution in [0.1, 0.15) is 26.7 Å². The number of aliphatic hydroxyl groups excluding tert-OH is 18. The van der Waals surface area contributed by atoms with E-state index in [0.29, 0.717) is 0 Å². The zero-order valence-electron chi connectivity index (χ0n) is 39.4. The molecule has 0 aliphatic carbocycles. The first-order chi connectivity index (χ1) is 34.6. The van der Waals surface area contributed by atoms with Crippen molar-refractivity contribution in [2.75, 3.05) is 39.6 Å². The molecule has 22 N–H and O–H groups in total. The van der Waals surface area contributed by atoms with E-state index in [1.165, 1.54) is 0 Å². The molecule has 4 aliphatic rings. The maximum atomic E-state index is 13.0. The van der Waals surface area contributed by atoms with Crippen molar-refractivity contribution in [1.29, 1.82) is 0 Å². The summed E-state index contributed by atoms with van der Waals surface area (Å²) in [6, 6.07) is -3.39. The maximum absolute atomic E-state index is 13.0. The van der Waals surface area contributed by atoms with Gasteiger partial charge in [-0.2, -0.15) is 0 Å². The number of rotatable bonds is 25. The molecule has 74 heavy (non-hydrogen) atoms. The maximum Gasteiger partial charge on any atom is 0.364 e. The quantitative estimate of drug-likeness (QED) is 0.0404. The lowest BCUT2D eigenvalue weighted by Crippen LogP contribution is -2.71. The number of amides is 2. The Kier molecular flexibility index (Phi) is 23.1. The van der Waals surface area contributed by atoms with Gasteiger partial charge in [0.05, 0.1) is 63.9 Å². The minimum absolute atomic E-state index is 0.847. The number of hydrogen-bond donors (Lipinski definition) is 22. The van der Waals surface area contributed by atoms with Crippen LogP contribution >= 0.6 is 0 Å². The Morgan fingerprint density at radius 3 is 1.46 bits per heavy atom. The Morgan fingerprint density at radius 2 is 1.01 bits per heavy atom. The molecule has 0 radical (unpaired) electrons. The third-order valence-electron chi connectivity index (χ3n) is 12.7. The zero-order chi connectivity index (χ0) is 55.9. The topological polar surface area (TPSA) is 571 Å². The molecule has 0 unspecified atom stereocenters. The number of nitrogens with one attached hydrogen (secondary N) is 2. The Labute approximate surface area is 417 Å². The lowest BCUT2D eigenvalue weighted by molar-refractivity contribution is -0.392. The summed E-state index contributed by atoms with van der Waals surface area (Å²) in [5.41, 5.74) is 0. The van der Waals surface area contributed by atoms with E-state index in [-0.39, 0.29) is 0 Å². The van der Waals surface area contributed by atoms with Crippen LogP contribution in [0.4, 0.5) is 0 Å². The van der Waals surface area contributed by atoms with Gasteiger partial charge < -0.3 is 151 Å². The molecular formula is C40H68N2O32. The first-order valence-electron chi connectivity index (χ1n) is 22.8. The zero-order valence-corrected chi connectivity index (χ0v) is 39.4. The van der Waals surface area contributed by atoms with Gasteiger partial charge in [-0.25, -0.2) is 9.59 Å². The van der Waals surface area contributed by atoms with Crippen LogP contribution in [-0.4, -0.2) is 324 Å². The third kappa shape index (κ3) is 14.1. The Balaban J connectivity index is 1.77. The van der Waals surface area contributed by atoms with Gasteiger partial charge in [0.25, 0.3) is 11.6 Å². The number of aliphatic carboxylic acids is 2. The van der Waals surface area contributed by atoms with Crippen molar-refractivity contribution in [3.63, 3.8) is 0 Å². The molecule has 4 rings (SSSR count). The standard InChI is InChI=1S/C40H68N2O32/c1-11(48)41-21-13(50)3-39(37(63)64,72-31(21)24(57)16(53)6-44)67-10-20-27(60)33(28(61)35(69-20)70-30(18(55)8-46)23(56)15(52)5-43)71-36-29(62)34(26(59)19(9-47)68-36)74-40(38(65)66)4-14(51)22(42-12(2)49)32(73-40)25(58)17(54)7-45/h13-36,43-47,50-62H,3-10H2,1-2H3,(H,41,48)(H,42,49)(H,63,64)(H,65,66)/t13-,14-,15-,16+,17+,18+,19+,20+,21+,22+,23+,24+,25+,26-,27-,28+,29+,30+,31+,32+,33-,34-,35-,36-,39+,40-/m0/s1. The average Bonchev–Trinajstić information content (AvgIpc) is 3.35. The van der Waals surface area contributed by atoms with Crippen molar-refractivity contribution in [1.82, 2.24) is 10.6 Å². The molecule has 34 nitrogen and oxygen atoms in total. The summed E-state index contributed by atoms with van der Waals surface area (Å²) in [7, 11) is 0. The number of carbonyl (C=O) groups is 4. The number of carbonyl (C=O) groups excluding carboxylic acids is 2. The molecule has 0 aromatic rings. The first-order valence-corrected chi connectivity index (χ1v) is 22.8. The summed E-state index contributed by atoms with van der Waals surface area (Å²) < 4.78 is 44.8. The van der Waals surface area contributed by atoms with Crippen molar-refractivity contribution in [3.8, 4) is 0 Å². The van der Waals surface area contributed by atoms with Crippen molar-refractivity contribution < 1.29 is 159 Å². The summed E-state index contributed by atoms with van der Waals surface area (Å²) in [4.78, 5) is 50.0. The number of carboxylic acids is 2. The summed E-state index contributed by atoms with van der Waals surface area (Å²) in [5, 5.41) is 216. The van der Waals surface area contributed by atoms with E-state index in [9.17, 15) is 121 Å². The van der Waals surface area contributed by atoms with Gasteiger partial charge in [-0.1, -0.05) is 0 Å². The molecule has 0 bridgehead atoms. The van der Waals surface area contributed by atoms with Gasteiger partial charge in [-0.15, -0.1) is 0 Å². The highest BCUT2D eigenvalue weighted by Gasteiger charge is 2.61. The molecule has 2 amide bonds. The van der Waals surface area contributed by atoms with Gasteiger partial charge in [0.2, 0.25) is 11.8 Å². The molecular weight excluding hydrogens is 1020 g/mol. The fourth-order valence-electron chi connectivity index (χ4n) is 8.72. The highest BCUT2D eigenvalue weighted by molar-refractivity contribution is 5.77. The second kappa shape index (κ2) is 26.9. The van der Waals surface area contributed by atoms with Crippen LogP contribution in [-0.2, 0) is 57.1 Å². The number of carboxylic acid groups (broad SMARTS) is 2. The van der Waals surface area contributed by atoms with Crippen LogP contribution < -0.4 is 10.6 Å². The average molecular weight is 1090 g/mol. The molecule has 4 saturated heterocycles. The predicted molar refractivity (Wildman–Crippen MR) is 226 cm³/mol. The van der Waals surface area contributed by atoms with Crippen LogP contribution in [0.3, 0.4) is 0 Å². The molecule has 4 aliphatic heterocycles. The monoisotopic (exact) mass is 1090 g/mol. The summed E-state index contributed by atoms with van der Waals surface area (Å²) in [6.45, 7) is -5.39. The van der Waals surface area contributed by atoms with Crippen molar-refractivity contribution >= 4 is 23.8 Å². The van der Waals surface area contributed by atoms with E-state index in [1.807, 2.05) is 0 Å². The van der Waals surface area contributed by atoms with Gasteiger partial charge >= 0.3 is 11.9 Å². The van der Waals surface area contributed by atoms with Gasteiger partial charge in [0.15, 0.2) is 12.6 Å². The number of hydrogen-bond acceptors (Lipinski definition) is 30. The van der Waals surface area contributed by atoms with Crippen molar-refractivity contribution in [2.45, 2.75) is 185 Å². The Hall–Kier alpha value is -3.16. The smallest absolute Gasteiger partial charge is 0.364 e. The SMILES string of the molecule is CC(=O)N[C@H]1[C@H]([C@H](O)[C@H](O)CO)O[C@@](OC[C@H]2O[C@@H](O[C@@H]([C@H](O)[C@@H](O)CO)[C@H](O)CO)[C@H](O)[C@@H](O[C@@H]3O[C@H](CO)[C@H](O)[C@H](O[C@]4(C(=O)O)C[C@H](O)[C@@H](NC(C)=O)[C@H]([C@H](O)[C@H](O)CO)O4)[C@H]3O)[C@H]2O)(C(=O)O)C[C@@H]1O. The first kappa shape index (κ1) is 63.4. The molecule has 4 heterocycles. The largest absolute Gasteiger partial charge is 0.477 e. The second-order valence-corrected chi connectivity index (χ2v) is 18.1. The molecule has 34 heteroatoms. The summed E-state index contributed by atoms with van der Waals surface area (Å²) in [6.07, 6.45) is -52.0. The van der Waals surface area contributed by atoms with Crippen LogP contribution in [0.2, 0.25) is 0 Å². The van der Waals surface area contributed by atoms with E-state index in [1.54, 1.807) is 0 Å². The molecule has 430 valence electrons. The van der Waals surface area contributed by atoms with E-state index in [2.05, 4.69) is 10.6 Å². The summed E-state index contributed by atoms with van der Waals surface area (Å²) >= 11 is 0. The predicted octanol–water partition coefficient (Wildman–Crippen LogP) is -13.6. The van der Waals surface area contributed by atoms with E-state index in [4.69, 9.17) is 37.9 Å². The minimum atomic E-state index is -3.28. The highest BCUT2D eigenvalue weighted by Crippen LogP contribution is 2.40. The van der Waals surface area contributed by atoms with Crippen molar-refractivity contribution in [3.05, 3.63) is 0 Å². The van der Waals surface area contributed by atoms with Gasteiger partial charge in [-0.05, 0) is 0 Å². The fraction of sp³-hybridized carbons (Fsp3) is 0.900. The summed E-state index contributed by atoms with van der Waals surface area (Å²) in [5.74, 6) is -12.4. The minimum Gasteiger partial charge on any atom is -0.477 e. The van der Waals surface area contributed by atoms with Gasteiger partial charge in [-0.3, -0.25) is 9.59 Å². The third-order valence-corrected chi connectivity index (χ3v) is 12.7. The lowest BCUT2D eigenvalue weighted by Gasteiger charge is -2.51. The van der Waals surface area contributed by atoms with Crippen LogP contribution in [0.5, 0.6) is 0 Å². The normalized spacial score (nSPS) is 40.1.